The molecule has 0 aliphatic heterocycles. The predicted octanol–water partition coefficient (Wildman–Crippen LogP) is 2.67. The summed E-state index contributed by atoms with van der Waals surface area (Å²) in [7, 11) is 0. The van der Waals surface area contributed by atoms with Crippen LogP contribution in [-0.2, 0) is 6.54 Å². The summed E-state index contributed by atoms with van der Waals surface area (Å²) in [5.41, 5.74) is -0.411. The third-order valence-corrected chi connectivity index (χ3v) is 2.59. The third kappa shape index (κ3) is 3.90. The number of rotatable bonds is 4. The zero-order valence-corrected chi connectivity index (χ0v) is 10.6. The first-order valence-electron chi connectivity index (χ1n) is 5.33. The van der Waals surface area contributed by atoms with E-state index in [9.17, 15) is 18.0 Å². The summed E-state index contributed by atoms with van der Waals surface area (Å²) < 4.78 is 37.6. The summed E-state index contributed by atoms with van der Waals surface area (Å²) in [6.07, 6.45) is -4.04. The van der Waals surface area contributed by atoms with Gasteiger partial charge in [0.05, 0.1) is 18.3 Å². The number of alkyl halides is 3. The third-order valence-electron chi connectivity index (χ3n) is 2.22. The Labute approximate surface area is 107 Å². The maximum absolute atomic E-state index is 12.2. The quantitative estimate of drug-likeness (QED) is 0.924. The second-order valence-electron chi connectivity index (χ2n) is 3.86. The number of anilines is 1. The lowest BCUT2D eigenvalue weighted by molar-refractivity contribution is -0.136. The van der Waals surface area contributed by atoms with Gasteiger partial charge in [-0.1, -0.05) is 11.6 Å². The summed E-state index contributed by atoms with van der Waals surface area (Å²) >= 11 is 5.78. The minimum absolute atomic E-state index is 0.114. The molecule has 0 saturated carbocycles. The van der Waals surface area contributed by atoms with E-state index in [0.717, 1.165) is 4.68 Å². The Morgan fingerprint density at radius 1 is 1.56 bits per heavy atom. The van der Waals surface area contributed by atoms with E-state index in [4.69, 9.17) is 11.6 Å². The van der Waals surface area contributed by atoms with Gasteiger partial charge in [-0.15, -0.1) is 0 Å². The maximum atomic E-state index is 12.2. The fourth-order valence-electron chi connectivity index (χ4n) is 1.45. The number of hydrogen-bond acceptors (Lipinski definition) is 3. The lowest BCUT2D eigenvalue weighted by Gasteiger charge is -2.17. The van der Waals surface area contributed by atoms with Gasteiger partial charge < -0.3 is 5.32 Å². The molecule has 0 aliphatic rings. The van der Waals surface area contributed by atoms with Crippen molar-refractivity contribution in [2.75, 3.05) is 5.32 Å². The van der Waals surface area contributed by atoms with Crippen LogP contribution >= 0.6 is 11.6 Å². The van der Waals surface area contributed by atoms with Crippen LogP contribution in [0.5, 0.6) is 0 Å². The first-order valence-corrected chi connectivity index (χ1v) is 5.71. The number of nitrogens with one attached hydrogen (secondary N) is 1. The van der Waals surface area contributed by atoms with Crippen LogP contribution in [-0.4, -0.2) is 22.0 Å². The van der Waals surface area contributed by atoms with Crippen molar-refractivity contribution in [3.05, 3.63) is 21.6 Å². The van der Waals surface area contributed by atoms with E-state index in [-0.39, 0.29) is 10.7 Å². The molecule has 1 N–H and O–H groups in total. The largest absolute Gasteiger partial charge is 0.391 e. The lowest BCUT2D eigenvalue weighted by atomic mass is 10.2. The van der Waals surface area contributed by atoms with Crippen LogP contribution in [0.15, 0.2) is 11.0 Å². The molecule has 0 fully saturated rings. The molecule has 0 aliphatic carbocycles. The molecule has 1 unspecified atom stereocenters. The predicted molar refractivity (Wildman–Crippen MR) is 62.9 cm³/mol. The van der Waals surface area contributed by atoms with Crippen molar-refractivity contribution in [3.63, 3.8) is 0 Å². The fraction of sp³-hybridized carbons (Fsp3) is 0.600. The van der Waals surface area contributed by atoms with Crippen molar-refractivity contribution in [3.8, 4) is 0 Å². The minimum Gasteiger partial charge on any atom is -0.380 e. The molecule has 18 heavy (non-hydrogen) atoms. The Balaban J connectivity index is 2.86. The molecular formula is C10H13ClF3N3O. The number of halogens is 4. The van der Waals surface area contributed by atoms with E-state index in [1.54, 1.807) is 6.92 Å². The molecule has 8 heteroatoms. The number of aromatic nitrogens is 2. The highest BCUT2D eigenvalue weighted by Crippen LogP contribution is 2.24. The SMILES string of the molecule is CCn1ncc(NC(C)CC(F)(F)F)c(Cl)c1=O. The van der Waals surface area contributed by atoms with Crippen LogP contribution in [0.4, 0.5) is 18.9 Å². The van der Waals surface area contributed by atoms with Gasteiger partial charge in [0.1, 0.15) is 5.02 Å². The second-order valence-corrected chi connectivity index (χ2v) is 4.24. The lowest BCUT2D eigenvalue weighted by Crippen LogP contribution is -2.27. The van der Waals surface area contributed by atoms with Gasteiger partial charge in [0.15, 0.2) is 0 Å². The van der Waals surface area contributed by atoms with Crippen molar-refractivity contribution >= 4 is 17.3 Å². The average molecular weight is 284 g/mol. The van der Waals surface area contributed by atoms with E-state index in [2.05, 4.69) is 10.4 Å². The van der Waals surface area contributed by atoms with Crippen molar-refractivity contribution < 1.29 is 13.2 Å². The van der Waals surface area contributed by atoms with Gasteiger partial charge in [0.25, 0.3) is 5.56 Å². The highest BCUT2D eigenvalue weighted by molar-refractivity contribution is 6.32. The summed E-state index contributed by atoms with van der Waals surface area (Å²) in [4.78, 5) is 11.6. The zero-order valence-electron chi connectivity index (χ0n) is 9.88. The standard InChI is InChI=1S/C10H13ClF3N3O/c1-3-17-9(18)8(11)7(5-15-17)16-6(2)4-10(12,13)14/h5-6,16H,3-4H2,1-2H3. The minimum atomic E-state index is -4.27. The normalized spacial score (nSPS) is 13.4. The molecule has 1 aromatic rings. The molecular weight excluding hydrogens is 271 g/mol. The van der Waals surface area contributed by atoms with Gasteiger partial charge in [-0.05, 0) is 13.8 Å². The van der Waals surface area contributed by atoms with E-state index in [0.29, 0.717) is 6.54 Å². The van der Waals surface area contributed by atoms with Gasteiger partial charge in [-0.2, -0.15) is 18.3 Å². The van der Waals surface area contributed by atoms with Gasteiger partial charge in [-0.25, -0.2) is 4.68 Å². The second kappa shape index (κ2) is 5.60. The molecule has 4 nitrogen and oxygen atoms in total. The number of hydrogen-bond donors (Lipinski definition) is 1. The van der Waals surface area contributed by atoms with Gasteiger partial charge >= 0.3 is 6.18 Å². The van der Waals surface area contributed by atoms with Crippen LogP contribution in [0.1, 0.15) is 20.3 Å². The van der Waals surface area contributed by atoms with Crippen molar-refractivity contribution in [2.24, 2.45) is 0 Å². The Kier molecular flexibility index (Phi) is 4.61. The van der Waals surface area contributed by atoms with Crippen LogP contribution in [0.25, 0.3) is 0 Å². The number of nitrogens with zero attached hydrogens (tertiary/aromatic N) is 2. The molecule has 1 aromatic heterocycles. The molecule has 0 bridgehead atoms. The molecule has 0 radical (unpaired) electrons. The van der Waals surface area contributed by atoms with E-state index in [1.165, 1.54) is 13.1 Å². The molecule has 1 atom stereocenters. The Morgan fingerprint density at radius 3 is 2.67 bits per heavy atom. The highest BCUT2D eigenvalue weighted by atomic mass is 35.5. The average Bonchev–Trinajstić information content (AvgIpc) is 2.22. The van der Waals surface area contributed by atoms with Crippen molar-refractivity contribution in [1.82, 2.24) is 9.78 Å². The summed E-state index contributed by atoms with van der Waals surface area (Å²) in [5, 5.41) is 6.16. The first-order chi connectivity index (χ1) is 8.24. The molecule has 0 saturated heterocycles. The van der Waals surface area contributed by atoms with Crippen molar-refractivity contribution in [1.29, 1.82) is 0 Å². The fourth-order valence-corrected chi connectivity index (χ4v) is 1.66. The monoisotopic (exact) mass is 283 g/mol. The smallest absolute Gasteiger partial charge is 0.380 e. The summed E-state index contributed by atoms with van der Waals surface area (Å²) in [5.74, 6) is 0. The van der Waals surface area contributed by atoms with Gasteiger partial charge in [0, 0.05) is 12.6 Å². The highest BCUT2D eigenvalue weighted by Gasteiger charge is 2.30. The molecule has 102 valence electrons. The maximum Gasteiger partial charge on any atom is 0.391 e. The van der Waals surface area contributed by atoms with Gasteiger partial charge in [-0.3, -0.25) is 4.79 Å². The van der Waals surface area contributed by atoms with Gasteiger partial charge in [0.2, 0.25) is 0 Å². The number of aryl methyl sites for hydroxylation is 1. The van der Waals surface area contributed by atoms with E-state index >= 15 is 0 Å². The Hall–Kier alpha value is -1.24. The van der Waals surface area contributed by atoms with Crippen molar-refractivity contribution in [2.45, 2.75) is 39.0 Å². The van der Waals surface area contributed by atoms with E-state index in [1.807, 2.05) is 0 Å². The van der Waals surface area contributed by atoms with Crippen LogP contribution < -0.4 is 10.9 Å². The molecule has 0 spiro atoms. The summed E-state index contributed by atoms with van der Waals surface area (Å²) in [6, 6.07) is -0.888. The Bertz CT molecular complexity index is 472. The van der Waals surface area contributed by atoms with E-state index < -0.39 is 24.2 Å². The van der Waals surface area contributed by atoms with Crippen LogP contribution in [0.2, 0.25) is 5.02 Å². The van der Waals surface area contributed by atoms with Crippen LogP contribution in [0.3, 0.4) is 0 Å². The zero-order chi connectivity index (χ0) is 13.9. The topological polar surface area (TPSA) is 46.9 Å². The molecule has 1 rings (SSSR count). The summed E-state index contributed by atoms with van der Waals surface area (Å²) in [6.45, 7) is 3.41. The first kappa shape index (κ1) is 14.8. The van der Waals surface area contributed by atoms with Crippen LogP contribution in [0, 0.1) is 0 Å². The molecule has 1 heterocycles. The Morgan fingerprint density at radius 2 is 2.17 bits per heavy atom. The molecule has 0 aromatic carbocycles. The molecule has 0 amide bonds.